The molecule has 0 spiro atoms. The summed E-state index contributed by atoms with van der Waals surface area (Å²) >= 11 is 0. The first-order chi connectivity index (χ1) is 13.6. The normalized spacial score (nSPS) is 12.4. The van der Waals surface area contributed by atoms with Crippen LogP contribution in [-0.4, -0.2) is 11.2 Å². The van der Waals surface area contributed by atoms with E-state index in [2.05, 4.69) is 120 Å². The number of hydrogen-bond acceptors (Lipinski definition) is 2. The SMILES string of the molecule is CC(C)(C)Oc1ccc([SH](c2ccccc2)c2ccc(OC(C)(C)C)cc2)cc1. The van der Waals surface area contributed by atoms with Gasteiger partial charge in [0.25, 0.3) is 0 Å². The van der Waals surface area contributed by atoms with E-state index in [-0.39, 0.29) is 11.2 Å². The Labute approximate surface area is 178 Å². The van der Waals surface area contributed by atoms with Gasteiger partial charge in [-0.25, -0.2) is 0 Å². The lowest BCUT2D eigenvalue weighted by molar-refractivity contribution is 0.130. The van der Waals surface area contributed by atoms with E-state index in [0.29, 0.717) is 0 Å². The molecular weight excluding hydrogens is 376 g/mol. The van der Waals surface area contributed by atoms with Gasteiger partial charge in [0.2, 0.25) is 0 Å². The zero-order valence-corrected chi connectivity index (χ0v) is 19.2. The van der Waals surface area contributed by atoms with Gasteiger partial charge in [0.1, 0.15) is 22.7 Å². The van der Waals surface area contributed by atoms with Crippen LogP contribution in [0, 0.1) is 0 Å². The predicted octanol–water partition coefficient (Wildman–Crippen LogP) is 7.52. The molecule has 0 heterocycles. The van der Waals surface area contributed by atoms with Crippen molar-refractivity contribution in [3.05, 3.63) is 78.9 Å². The summed E-state index contributed by atoms with van der Waals surface area (Å²) in [4.78, 5) is 3.94. The Morgan fingerprint density at radius 3 is 1.17 bits per heavy atom. The molecule has 29 heavy (non-hydrogen) atoms. The summed E-state index contributed by atoms with van der Waals surface area (Å²) in [6.07, 6.45) is 0. The maximum Gasteiger partial charge on any atom is 0.120 e. The predicted molar refractivity (Wildman–Crippen MR) is 124 cm³/mol. The minimum atomic E-state index is -0.648. The van der Waals surface area contributed by atoms with E-state index < -0.39 is 10.9 Å². The Hall–Kier alpha value is -2.39. The molecule has 0 aliphatic rings. The number of benzene rings is 3. The summed E-state index contributed by atoms with van der Waals surface area (Å²) in [5.41, 5.74) is -0.400. The van der Waals surface area contributed by atoms with Crippen molar-refractivity contribution in [2.45, 2.75) is 67.4 Å². The van der Waals surface area contributed by atoms with Gasteiger partial charge in [-0.1, -0.05) is 18.2 Å². The molecule has 0 amide bonds. The molecule has 0 unspecified atom stereocenters. The molecule has 0 saturated carbocycles. The van der Waals surface area contributed by atoms with E-state index in [4.69, 9.17) is 9.47 Å². The molecule has 0 radical (unpaired) electrons. The van der Waals surface area contributed by atoms with Crippen LogP contribution in [0.25, 0.3) is 0 Å². The van der Waals surface area contributed by atoms with Gasteiger partial charge in [-0.3, -0.25) is 0 Å². The second-order valence-electron chi connectivity index (χ2n) is 9.09. The Morgan fingerprint density at radius 1 is 0.483 bits per heavy atom. The van der Waals surface area contributed by atoms with Crippen molar-refractivity contribution in [2.24, 2.45) is 0 Å². The molecule has 0 aliphatic carbocycles. The molecule has 0 N–H and O–H groups in total. The highest BCUT2D eigenvalue weighted by molar-refractivity contribution is 8.17. The minimum absolute atomic E-state index is 0.200. The number of thiol groups is 1. The molecule has 3 aromatic carbocycles. The number of ether oxygens (including phenoxy) is 2. The van der Waals surface area contributed by atoms with Crippen molar-refractivity contribution in [3.63, 3.8) is 0 Å². The Kier molecular flexibility index (Phi) is 6.28. The highest BCUT2D eigenvalue weighted by atomic mass is 32.2. The molecular formula is C26H32O2S. The van der Waals surface area contributed by atoms with Crippen LogP contribution in [0.15, 0.2) is 93.5 Å². The molecule has 3 aromatic rings. The first-order valence-electron chi connectivity index (χ1n) is 10.0. The van der Waals surface area contributed by atoms with E-state index in [1.807, 2.05) is 0 Å². The average Bonchev–Trinajstić information content (AvgIpc) is 2.63. The van der Waals surface area contributed by atoms with Gasteiger partial charge >= 0.3 is 0 Å². The zero-order chi connectivity index (χ0) is 21.1. The van der Waals surface area contributed by atoms with Crippen molar-refractivity contribution >= 4 is 10.9 Å². The monoisotopic (exact) mass is 408 g/mol. The van der Waals surface area contributed by atoms with Gasteiger partial charge in [0, 0.05) is 0 Å². The summed E-state index contributed by atoms with van der Waals surface area (Å²) in [6, 6.07) is 27.8. The molecule has 2 nitrogen and oxygen atoms in total. The quantitative estimate of drug-likeness (QED) is 0.440. The van der Waals surface area contributed by atoms with Gasteiger partial charge in [0.15, 0.2) is 0 Å². The first-order valence-corrected chi connectivity index (χ1v) is 11.4. The summed E-state index contributed by atoms with van der Waals surface area (Å²) in [5.74, 6) is 1.80. The third-order valence-electron chi connectivity index (χ3n) is 4.05. The van der Waals surface area contributed by atoms with Crippen molar-refractivity contribution < 1.29 is 9.47 Å². The van der Waals surface area contributed by atoms with E-state index in [0.717, 1.165) is 11.5 Å². The molecule has 154 valence electrons. The Bertz CT molecular complexity index is 843. The fourth-order valence-electron chi connectivity index (χ4n) is 3.06. The molecule has 3 heteroatoms. The Morgan fingerprint density at radius 2 is 0.828 bits per heavy atom. The highest BCUT2D eigenvalue weighted by Gasteiger charge is 2.16. The lowest BCUT2D eigenvalue weighted by Gasteiger charge is -2.26. The van der Waals surface area contributed by atoms with E-state index >= 15 is 0 Å². The summed E-state index contributed by atoms with van der Waals surface area (Å²) < 4.78 is 12.0. The third kappa shape index (κ3) is 6.30. The number of hydrogen-bond donors (Lipinski definition) is 1. The summed E-state index contributed by atoms with van der Waals surface area (Å²) in [5, 5.41) is 0. The van der Waals surface area contributed by atoms with Crippen LogP contribution in [0.1, 0.15) is 41.5 Å². The standard InChI is InChI=1S/C26H32O2S/c1-25(2,3)27-20-12-16-23(17-13-20)29(22-10-8-7-9-11-22)24-18-14-21(15-19-24)28-26(4,5)6/h7-19,29H,1-6H3. The molecule has 0 atom stereocenters. The lowest BCUT2D eigenvalue weighted by Crippen LogP contribution is -2.22. The highest BCUT2D eigenvalue weighted by Crippen LogP contribution is 2.51. The zero-order valence-electron chi connectivity index (χ0n) is 18.3. The maximum atomic E-state index is 6.00. The van der Waals surface area contributed by atoms with E-state index in [9.17, 15) is 0 Å². The largest absolute Gasteiger partial charge is 0.488 e. The topological polar surface area (TPSA) is 18.5 Å². The van der Waals surface area contributed by atoms with Crippen LogP contribution in [0.3, 0.4) is 0 Å². The molecule has 0 aliphatic heterocycles. The van der Waals surface area contributed by atoms with Gasteiger partial charge < -0.3 is 9.47 Å². The lowest BCUT2D eigenvalue weighted by atomic mass is 10.2. The van der Waals surface area contributed by atoms with Crippen LogP contribution >= 0.6 is 10.9 Å². The molecule has 3 rings (SSSR count). The van der Waals surface area contributed by atoms with Crippen molar-refractivity contribution in [1.29, 1.82) is 0 Å². The first kappa shape index (κ1) is 21.3. The molecule has 0 fully saturated rings. The molecule has 0 aromatic heterocycles. The minimum Gasteiger partial charge on any atom is -0.488 e. The molecule has 0 saturated heterocycles. The average molecular weight is 409 g/mol. The van der Waals surface area contributed by atoms with Gasteiger partial charge in [0.05, 0.1) is 0 Å². The van der Waals surface area contributed by atoms with Crippen LogP contribution in [0.2, 0.25) is 0 Å². The van der Waals surface area contributed by atoms with Crippen LogP contribution < -0.4 is 9.47 Å². The van der Waals surface area contributed by atoms with Gasteiger partial charge in [-0.05, 0) is 117 Å². The van der Waals surface area contributed by atoms with Crippen LogP contribution in [-0.2, 0) is 0 Å². The van der Waals surface area contributed by atoms with Crippen LogP contribution in [0.4, 0.5) is 0 Å². The van der Waals surface area contributed by atoms with Gasteiger partial charge in [-0.15, -0.1) is 0 Å². The second kappa shape index (κ2) is 8.54. The fraction of sp³-hybridized carbons (Fsp3) is 0.308. The number of rotatable bonds is 5. The maximum absolute atomic E-state index is 6.00. The third-order valence-corrected chi connectivity index (χ3v) is 6.50. The molecule has 0 bridgehead atoms. The van der Waals surface area contributed by atoms with Crippen molar-refractivity contribution in [1.82, 2.24) is 0 Å². The Balaban J connectivity index is 1.94. The van der Waals surface area contributed by atoms with Crippen LogP contribution in [0.5, 0.6) is 11.5 Å². The summed E-state index contributed by atoms with van der Waals surface area (Å²) in [6.45, 7) is 12.4. The van der Waals surface area contributed by atoms with Crippen molar-refractivity contribution in [2.75, 3.05) is 0 Å². The smallest absolute Gasteiger partial charge is 0.120 e. The summed E-state index contributed by atoms with van der Waals surface area (Å²) in [7, 11) is -0.648. The van der Waals surface area contributed by atoms with Crippen molar-refractivity contribution in [3.8, 4) is 11.5 Å². The van der Waals surface area contributed by atoms with E-state index in [1.54, 1.807) is 0 Å². The van der Waals surface area contributed by atoms with Gasteiger partial charge in [-0.2, -0.15) is 10.9 Å². The van der Waals surface area contributed by atoms with E-state index in [1.165, 1.54) is 14.7 Å². The second-order valence-corrected chi connectivity index (χ2v) is 11.3. The fourth-order valence-corrected chi connectivity index (χ4v) is 5.32.